The number of aryl methyl sites for hydroxylation is 1. The number of hydrogen-bond donors (Lipinski definition) is 2. The number of nitrogens with zero attached hydrogens (tertiary/aromatic N) is 2. The van der Waals surface area contributed by atoms with Crippen LogP contribution in [0.1, 0.15) is 12.0 Å². The summed E-state index contributed by atoms with van der Waals surface area (Å²) in [6.07, 6.45) is 5.51. The minimum atomic E-state index is 0.542. The fraction of sp³-hybridized carbons (Fsp3) is 0.200. The average molecular weight is 268 g/mol. The summed E-state index contributed by atoms with van der Waals surface area (Å²) < 4.78 is 5.63. The molecule has 0 radical (unpaired) electrons. The van der Waals surface area contributed by atoms with Crippen molar-refractivity contribution in [2.75, 3.05) is 12.3 Å². The number of fused-ring (bicyclic) bond motifs is 1. The van der Waals surface area contributed by atoms with E-state index in [1.807, 2.05) is 30.3 Å². The van der Waals surface area contributed by atoms with E-state index in [9.17, 15) is 0 Å². The molecular weight excluding hydrogens is 252 g/mol. The maximum absolute atomic E-state index is 5.73. The topological polar surface area (TPSA) is 76.8 Å². The lowest BCUT2D eigenvalue weighted by atomic mass is 10.1. The molecule has 0 bridgehead atoms. The summed E-state index contributed by atoms with van der Waals surface area (Å²) in [5.41, 5.74) is 9.47. The van der Waals surface area contributed by atoms with Crippen molar-refractivity contribution in [1.82, 2.24) is 15.0 Å². The van der Waals surface area contributed by atoms with Crippen molar-refractivity contribution in [1.29, 1.82) is 0 Å². The van der Waals surface area contributed by atoms with Gasteiger partial charge in [0.15, 0.2) is 0 Å². The van der Waals surface area contributed by atoms with Crippen LogP contribution in [0.4, 0.5) is 5.69 Å². The lowest BCUT2D eigenvalue weighted by Crippen LogP contribution is -2.00. The minimum Gasteiger partial charge on any atom is -0.465 e. The maximum Gasteiger partial charge on any atom is 0.294 e. The number of nitrogens with two attached hydrogens (primary N) is 1. The van der Waals surface area contributed by atoms with Crippen LogP contribution in [0.15, 0.2) is 42.7 Å². The van der Waals surface area contributed by atoms with Gasteiger partial charge in [0.1, 0.15) is 0 Å². The van der Waals surface area contributed by atoms with Gasteiger partial charge in [-0.1, -0.05) is 0 Å². The van der Waals surface area contributed by atoms with Crippen LogP contribution >= 0.6 is 0 Å². The van der Waals surface area contributed by atoms with E-state index in [1.54, 1.807) is 12.4 Å². The van der Waals surface area contributed by atoms with Gasteiger partial charge >= 0.3 is 0 Å². The number of hydrogen-bond acceptors (Lipinski definition) is 4. The van der Waals surface area contributed by atoms with Crippen molar-refractivity contribution in [3.8, 4) is 6.01 Å². The van der Waals surface area contributed by atoms with Crippen LogP contribution in [0.3, 0.4) is 0 Å². The van der Waals surface area contributed by atoms with Crippen LogP contribution in [0.2, 0.25) is 0 Å². The predicted octanol–water partition coefficient (Wildman–Crippen LogP) is 2.55. The van der Waals surface area contributed by atoms with Gasteiger partial charge in [-0.05, 0) is 48.7 Å². The molecule has 0 spiro atoms. The number of aromatic nitrogens is 3. The summed E-state index contributed by atoms with van der Waals surface area (Å²) in [7, 11) is 0. The monoisotopic (exact) mass is 268 g/mol. The maximum atomic E-state index is 5.73. The zero-order valence-electron chi connectivity index (χ0n) is 11.0. The molecule has 102 valence electrons. The van der Waals surface area contributed by atoms with Crippen molar-refractivity contribution >= 4 is 16.7 Å². The molecule has 5 heteroatoms. The second-order valence-electron chi connectivity index (χ2n) is 4.63. The molecule has 0 aliphatic rings. The SMILES string of the molecule is Nc1ccc2nc(OCCCc3ccncc3)[nH]c2c1. The van der Waals surface area contributed by atoms with Gasteiger partial charge in [0, 0.05) is 18.1 Å². The van der Waals surface area contributed by atoms with Gasteiger partial charge in [0.2, 0.25) is 0 Å². The Balaban J connectivity index is 1.55. The van der Waals surface area contributed by atoms with Crippen LogP contribution in [0.25, 0.3) is 11.0 Å². The van der Waals surface area contributed by atoms with Crippen molar-refractivity contribution in [2.24, 2.45) is 0 Å². The van der Waals surface area contributed by atoms with Crippen molar-refractivity contribution in [3.05, 3.63) is 48.3 Å². The van der Waals surface area contributed by atoms with Crippen molar-refractivity contribution in [3.63, 3.8) is 0 Å². The van der Waals surface area contributed by atoms with Gasteiger partial charge in [-0.2, -0.15) is 4.98 Å². The second-order valence-corrected chi connectivity index (χ2v) is 4.63. The Morgan fingerprint density at radius 3 is 2.85 bits per heavy atom. The number of anilines is 1. The molecule has 3 N–H and O–H groups in total. The zero-order chi connectivity index (χ0) is 13.8. The zero-order valence-corrected chi connectivity index (χ0v) is 11.0. The number of aromatic amines is 1. The van der Waals surface area contributed by atoms with E-state index < -0.39 is 0 Å². The van der Waals surface area contributed by atoms with E-state index in [-0.39, 0.29) is 0 Å². The largest absolute Gasteiger partial charge is 0.465 e. The van der Waals surface area contributed by atoms with E-state index in [1.165, 1.54) is 5.56 Å². The third-order valence-corrected chi connectivity index (χ3v) is 3.08. The van der Waals surface area contributed by atoms with Crippen LogP contribution in [0, 0.1) is 0 Å². The molecule has 0 unspecified atom stereocenters. The van der Waals surface area contributed by atoms with Gasteiger partial charge in [-0.25, -0.2) is 0 Å². The molecule has 2 aromatic heterocycles. The number of nitrogens with one attached hydrogen (secondary N) is 1. The standard InChI is InChI=1S/C15H16N4O/c16-12-3-4-13-14(10-12)19-15(18-13)20-9-1-2-11-5-7-17-8-6-11/h3-8,10H,1-2,9,16H2,(H,18,19). The number of rotatable bonds is 5. The van der Waals surface area contributed by atoms with E-state index >= 15 is 0 Å². The van der Waals surface area contributed by atoms with E-state index in [0.717, 1.165) is 23.9 Å². The Bertz CT molecular complexity index is 693. The summed E-state index contributed by atoms with van der Waals surface area (Å²) in [6.45, 7) is 0.623. The predicted molar refractivity (Wildman–Crippen MR) is 78.6 cm³/mol. The molecule has 3 rings (SSSR count). The van der Waals surface area contributed by atoms with Gasteiger partial charge in [0.25, 0.3) is 6.01 Å². The van der Waals surface area contributed by atoms with Gasteiger partial charge < -0.3 is 15.5 Å². The Labute approximate surface area is 116 Å². The molecule has 0 atom stereocenters. The first-order chi connectivity index (χ1) is 9.81. The number of pyridine rings is 1. The minimum absolute atomic E-state index is 0.542. The molecule has 0 aliphatic heterocycles. The van der Waals surface area contributed by atoms with Gasteiger partial charge in [0.05, 0.1) is 17.6 Å². The lowest BCUT2D eigenvalue weighted by molar-refractivity contribution is 0.290. The summed E-state index contributed by atoms with van der Waals surface area (Å²) in [5.74, 6) is 0. The third kappa shape index (κ3) is 2.88. The molecule has 1 aromatic carbocycles. The van der Waals surface area contributed by atoms with Gasteiger partial charge in [-0.15, -0.1) is 0 Å². The fourth-order valence-corrected chi connectivity index (χ4v) is 2.07. The third-order valence-electron chi connectivity index (χ3n) is 3.08. The average Bonchev–Trinajstić information content (AvgIpc) is 2.86. The molecule has 5 nitrogen and oxygen atoms in total. The Morgan fingerprint density at radius 2 is 2.00 bits per heavy atom. The van der Waals surface area contributed by atoms with Crippen molar-refractivity contribution < 1.29 is 4.74 Å². The number of ether oxygens (including phenoxy) is 1. The molecule has 0 saturated heterocycles. The summed E-state index contributed by atoms with van der Waals surface area (Å²) in [4.78, 5) is 11.5. The Morgan fingerprint density at radius 1 is 1.15 bits per heavy atom. The van der Waals surface area contributed by atoms with Gasteiger partial charge in [-0.3, -0.25) is 4.98 Å². The Kier molecular flexibility index (Phi) is 3.50. The highest BCUT2D eigenvalue weighted by molar-refractivity contribution is 5.79. The first-order valence-electron chi connectivity index (χ1n) is 6.58. The first-order valence-corrected chi connectivity index (χ1v) is 6.58. The highest BCUT2D eigenvalue weighted by Crippen LogP contribution is 2.18. The smallest absolute Gasteiger partial charge is 0.294 e. The van der Waals surface area contributed by atoms with E-state index in [0.29, 0.717) is 18.3 Å². The highest BCUT2D eigenvalue weighted by Gasteiger charge is 2.03. The molecule has 0 aliphatic carbocycles. The molecular formula is C15H16N4O. The number of imidazole rings is 1. The normalized spacial score (nSPS) is 10.8. The van der Waals surface area contributed by atoms with Crippen LogP contribution < -0.4 is 10.5 Å². The van der Waals surface area contributed by atoms with E-state index in [4.69, 9.17) is 10.5 Å². The summed E-state index contributed by atoms with van der Waals surface area (Å²) >= 11 is 0. The number of H-pyrrole nitrogens is 1. The van der Waals surface area contributed by atoms with Crippen LogP contribution in [-0.4, -0.2) is 21.6 Å². The molecule has 20 heavy (non-hydrogen) atoms. The highest BCUT2D eigenvalue weighted by atomic mass is 16.5. The number of benzene rings is 1. The quantitative estimate of drug-likeness (QED) is 0.550. The van der Waals surface area contributed by atoms with Crippen LogP contribution in [-0.2, 0) is 6.42 Å². The van der Waals surface area contributed by atoms with E-state index in [2.05, 4.69) is 15.0 Å². The van der Waals surface area contributed by atoms with Crippen molar-refractivity contribution in [2.45, 2.75) is 12.8 Å². The fourth-order valence-electron chi connectivity index (χ4n) is 2.07. The second kappa shape index (κ2) is 5.61. The Hall–Kier alpha value is -2.56. The molecule has 0 amide bonds. The molecule has 0 fully saturated rings. The molecule has 2 heterocycles. The summed E-state index contributed by atoms with van der Waals surface area (Å²) in [6, 6.07) is 10.1. The first kappa shape index (κ1) is 12.5. The van der Waals surface area contributed by atoms with Crippen LogP contribution in [0.5, 0.6) is 6.01 Å². The number of nitrogen functional groups attached to an aromatic ring is 1. The molecule has 3 aromatic rings. The summed E-state index contributed by atoms with van der Waals surface area (Å²) in [5, 5.41) is 0. The lowest BCUT2D eigenvalue weighted by Gasteiger charge is -2.02. The molecule has 0 saturated carbocycles.